The average molecular weight is 275 g/mol. The van der Waals surface area contributed by atoms with E-state index in [4.69, 9.17) is 5.11 Å². The van der Waals surface area contributed by atoms with Crippen LogP contribution in [0.2, 0.25) is 0 Å². The van der Waals surface area contributed by atoms with E-state index in [9.17, 15) is 9.59 Å². The zero-order chi connectivity index (χ0) is 15.1. The average Bonchev–Trinajstić information content (AvgIpc) is 2.43. The Hall–Kier alpha value is -2.32. The van der Waals surface area contributed by atoms with Crippen LogP contribution in [-0.2, 0) is 9.53 Å². The van der Waals surface area contributed by atoms with Gasteiger partial charge in [0, 0.05) is 11.1 Å². The van der Waals surface area contributed by atoms with Gasteiger partial charge in [-0.25, -0.2) is 4.79 Å². The van der Waals surface area contributed by atoms with Crippen LogP contribution >= 0.6 is 0 Å². The van der Waals surface area contributed by atoms with Crippen molar-refractivity contribution in [2.75, 3.05) is 13.7 Å². The molecule has 1 aromatic rings. The molecule has 0 bridgehead atoms. The van der Waals surface area contributed by atoms with E-state index >= 15 is 0 Å². The van der Waals surface area contributed by atoms with Crippen LogP contribution in [0.5, 0.6) is 0 Å². The minimum Gasteiger partial charge on any atom is -0.467 e. The van der Waals surface area contributed by atoms with E-state index in [0.717, 1.165) is 5.56 Å². The molecule has 0 saturated carbocycles. The van der Waals surface area contributed by atoms with Crippen molar-refractivity contribution in [3.8, 4) is 11.8 Å². The molecule has 0 aliphatic heterocycles. The van der Waals surface area contributed by atoms with Gasteiger partial charge < -0.3 is 15.2 Å². The normalized spacial score (nSPS) is 11.0. The third-order valence-electron chi connectivity index (χ3n) is 2.55. The lowest BCUT2D eigenvalue weighted by Gasteiger charge is -2.12. The van der Waals surface area contributed by atoms with Gasteiger partial charge in [-0.1, -0.05) is 11.8 Å². The van der Waals surface area contributed by atoms with E-state index in [0.29, 0.717) is 11.1 Å². The fraction of sp³-hybridized carbons (Fsp3) is 0.333. The fourth-order valence-electron chi connectivity index (χ4n) is 1.64. The van der Waals surface area contributed by atoms with Gasteiger partial charge in [-0.15, -0.1) is 0 Å². The summed E-state index contributed by atoms with van der Waals surface area (Å²) < 4.78 is 4.55. The lowest BCUT2D eigenvalue weighted by Crippen LogP contribution is -2.39. The van der Waals surface area contributed by atoms with E-state index in [1.165, 1.54) is 7.11 Å². The predicted molar refractivity (Wildman–Crippen MR) is 74.1 cm³/mol. The number of aliphatic hydroxyl groups excluding tert-OH is 1. The minimum absolute atomic E-state index is 0.241. The molecule has 0 aromatic heterocycles. The molecule has 5 heteroatoms. The molecular formula is C15H17NO4. The van der Waals surface area contributed by atoms with Crippen molar-refractivity contribution in [3.63, 3.8) is 0 Å². The highest BCUT2D eigenvalue weighted by atomic mass is 16.5. The number of nitrogens with one attached hydrogen (secondary N) is 1. The molecule has 1 rings (SSSR count). The summed E-state index contributed by atoms with van der Waals surface area (Å²) in [4.78, 5) is 23.3. The number of benzene rings is 1. The van der Waals surface area contributed by atoms with Gasteiger partial charge in [0.05, 0.1) is 7.11 Å². The van der Waals surface area contributed by atoms with Gasteiger partial charge in [0.15, 0.2) is 0 Å². The number of methoxy groups -OCH3 is 1. The summed E-state index contributed by atoms with van der Waals surface area (Å²) in [5.41, 5.74) is 1.91. The molecule has 0 heterocycles. The zero-order valence-electron chi connectivity index (χ0n) is 11.7. The maximum absolute atomic E-state index is 12.0. The second-order valence-electron chi connectivity index (χ2n) is 4.27. The summed E-state index contributed by atoms with van der Waals surface area (Å²) in [6.45, 7) is 3.14. The largest absolute Gasteiger partial charge is 0.467 e. The van der Waals surface area contributed by atoms with Crippen molar-refractivity contribution < 1.29 is 19.4 Å². The molecule has 0 spiro atoms. The number of carbonyl (C=O) groups is 2. The van der Waals surface area contributed by atoms with Crippen molar-refractivity contribution >= 4 is 11.9 Å². The van der Waals surface area contributed by atoms with Crippen LogP contribution in [0, 0.1) is 18.8 Å². The first kappa shape index (κ1) is 15.7. The first-order chi connectivity index (χ1) is 9.47. The molecule has 1 atom stereocenters. The maximum Gasteiger partial charge on any atom is 0.328 e. The van der Waals surface area contributed by atoms with Crippen LogP contribution in [-0.4, -0.2) is 36.7 Å². The summed E-state index contributed by atoms with van der Waals surface area (Å²) in [6, 6.07) is 4.39. The van der Waals surface area contributed by atoms with Gasteiger partial charge in [-0.3, -0.25) is 4.79 Å². The van der Waals surface area contributed by atoms with Crippen LogP contribution in [0.3, 0.4) is 0 Å². The molecule has 1 unspecified atom stereocenters. The Morgan fingerprint density at radius 3 is 2.70 bits per heavy atom. The lowest BCUT2D eigenvalue weighted by molar-refractivity contribution is -0.142. The van der Waals surface area contributed by atoms with Gasteiger partial charge >= 0.3 is 5.97 Å². The van der Waals surface area contributed by atoms with Crippen molar-refractivity contribution in [1.82, 2.24) is 5.32 Å². The molecule has 0 fully saturated rings. The summed E-state index contributed by atoms with van der Waals surface area (Å²) in [5, 5.41) is 11.2. The Morgan fingerprint density at radius 2 is 2.10 bits per heavy atom. The molecule has 0 aliphatic rings. The van der Waals surface area contributed by atoms with E-state index in [1.807, 2.05) is 13.0 Å². The second kappa shape index (κ2) is 7.31. The number of aryl methyl sites for hydroxylation is 1. The number of hydrogen-bond acceptors (Lipinski definition) is 4. The van der Waals surface area contributed by atoms with Gasteiger partial charge in [0.2, 0.25) is 0 Å². The number of amides is 1. The van der Waals surface area contributed by atoms with Gasteiger partial charge in [-0.05, 0) is 37.6 Å². The molecule has 2 N–H and O–H groups in total. The number of rotatable bonds is 3. The third-order valence-corrected chi connectivity index (χ3v) is 2.55. The quantitative estimate of drug-likeness (QED) is 0.626. The molecule has 1 amide bonds. The standard InChI is InChI=1S/C15H17NO4/c1-10-7-12(5-4-6-17)9-13(8-10)14(18)16-11(2)15(19)20-3/h7-9,11,17H,6H2,1-3H3,(H,16,18). The fourth-order valence-corrected chi connectivity index (χ4v) is 1.64. The highest BCUT2D eigenvalue weighted by Crippen LogP contribution is 2.09. The SMILES string of the molecule is COC(=O)C(C)NC(=O)c1cc(C)cc(C#CCO)c1. The lowest BCUT2D eigenvalue weighted by atomic mass is 10.1. The second-order valence-corrected chi connectivity index (χ2v) is 4.27. The molecule has 0 radical (unpaired) electrons. The Labute approximate surface area is 117 Å². The third kappa shape index (κ3) is 4.41. The molecular weight excluding hydrogens is 258 g/mol. The van der Waals surface area contributed by atoms with E-state index in [1.54, 1.807) is 19.1 Å². The summed E-state index contributed by atoms with van der Waals surface area (Å²) in [5.74, 6) is 4.39. The Kier molecular flexibility index (Phi) is 5.75. The van der Waals surface area contributed by atoms with Gasteiger partial charge in [0.1, 0.15) is 12.6 Å². The topological polar surface area (TPSA) is 75.6 Å². The zero-order valence-corrected chi connectivity index (χ0v) is 11.7. The summed E-state index contributed by atoms with van der Waals surface area (Å²) >= 11 is 0. The van der Waals surface area contributed by atoms with Gasteiger partial charge in [0.25, 0.3) is 5.91 Å². The molecule has 1 aromatic carbocycles. The first-order valence-electron chi connectivity index (χ1n) is 6.08. The van der Waals surface area contributed by atoms with Crippen LogP contribution in [0.4, 0.5) is 0 Å². The number of carbonyl (C=O) groups excluding carboxylic acids is 2. The smallest absolute Gasteiger partial charge is 0.328 e. The predicted octanol–water partition coefficient (Wildman–Crippen LogP) is 0.630. The number of hydrogen-bond donors (Lipinski definition) is 2. The minimum atomic E-state index is -0.722. The number of ether oxygens (including phenoxy) is 1. The van der Waals surface area contributed by atoms with Crippen molar-refractivity contribution in [2.24, 2.45) is 0 Å². The molecule has 0 saturated heterocycles. The summed E-state index contributed by atoms with van der Waals surface area (Å²) in [6.07, 6.45) is 0. The van der Waals surface area contributed by atoms with Crippen molar-refractivity contribution in [2.45, 2.75) is 19.9 Å². The van der Waals surface area contributed by atoms with Crippen molar-refractivity contribution in [3.05, 3.63) is 34.9 Å². The molecule has 0 aliphatic carbocycles. The molecule has 5 nitrogen and oxygen atoms in total. The highest BCUT2D eigenvalue weighted by Gasteiger charge is 2.17. The van der Waals surface area contributed by atoms with E-state index < -0.39 is 12.0 Å². The summed E-state index contributed by atoms with van der Waals surface area (Å²) in [7, 11) is 1.26. The Bertz CT molecular complexity index is 569. The Morgan fingerprint density at radius 1 is 1.40 bits per heavy atom. The van der Waals surface area contributed by atoms with Crippen LogP contribution in [0.15, 0.2) is 18.2 Å². The maximum atomic E-state index is 12.0. The van der Waals surface area contributed by atoms with Crippen LogP contribution in [0.25, 0.3) is 0 Å². The van der Waals surface area contributed by atoms with Crippen molar-refractivity contribution in [1.29, 1.82) is 0 Å². The number of esters is 1. The monoisotopic (exact) mass is 275 g/mol. The van der Waals surface area contributed by atoms with E-state index in [-0.39, 0.29) is 12.5 Å². The highest BCUT2D eigenvalue weighted by molar-refractivity contribution is 5.97. The first-order valence-corrected chi connectivity index (χ1v) is 6.08. The molecule has 106 valence electrons. The van der Waals surface area contributed by atoms with E-state index in [2.05, 4.69) is 21.9 Å². The van der Waals surface area contributed by atoms with Crippen LogP contribution < -0.4 is 5.32 Å². The molecule has 20 heavy (non-hydrogen) atoms. The Balaban J connectivity index is 2.93. The van der Waals surface area contributed by atoms with Crippen LogP contribution in [0.1, 0.15) is 28.4 Å². The number of aliphatic hydroxyl groups is 1. The van der Waals surface area contributed by atoms with Gasteiger partial charge in [-0.2, -0.15) is 0 Å².